The van der Waals surface area contributed by atoms with Gasteiger partial charge in [0.05, 0.1) is 11.6 Å². The zero-order valence-electron chi connectivity index (χ0n) is 28.6. The van der Waals surface area contributed by atoms with Crippen LogP contribution < -0.4 is 0 Å². The molecule has 0 spiro atoms. The van der Waals surface area contributed by atoms with Crippen molar-refractivity contribution in [2.45, 2.75) is 0 Å². The van der Waals surface area contributed by atoms with Gasteiger partial charge in [0.25, 0.3) is 0 Å². The second-order valence-corrected chi connectivity index (χ2v) is 13.9. The molecule has 0 N–H and O–H groups in total. The Balaban J connectivity index is 1.16. The zero-order chi connectivity index (χ0) is 35.0. The Hall–Kier alpha value is -7.21. The molecule has 0 fully saturated rings. The van der Waals surface area contributed by atoms with E-state index in [2.05, 4.69) is 158 Å². The molecule has 244 valence electrons. The molecule has 1 aliphatic rings. The van der Waals surface area contributed by atoms with Gasteiger partial charge in [-0.05, 0) is 125 Å². The first-order valence-electron chi connectivity index (χ1n) is 18.0. The third-order valence-electron chi connectivity index (χ3n) is 11.0. The molecule has 1 aliphatic carbocycles. The second-order valence-electron chi connectivity index (χ2n) is 13.9. The zero-order valence-corrected chi connectivity index (χ0v) is 28.6. The molecule has 1 aromatic heterocycles. The molecule has 9 aromatic carbocycles. The molecule has 0 atom stereocenters. The van der Waals surface area contributed by atoms with Crippen molar-refractivity contribution in [3.63, 3.8) is 0 Å². The van der Waals surface area contributed by atoms with E-state index in [1.54, 1.807) is 0 Å². The maximum absolute atomic E-state index is 9.29. The fourth-order valence-electron chi connectivity index (χ4n) is 8.72. The largest absolute Gasteiger partial charge is 0.456 e. The van der Waals surface area contributed by atoms with Gasteiger partial charge in [-0.3, -0.25) is 0 Å². The van der Waals surface area contributed by atoms with Crippen LogP contribution in [0, 0.1) is 11.3 Å². The van der Waals surface area contributed by atoms with E-state index in [1.165, 1.54) is 71.6 Å². The summed E-state index contributed by atoms with van der Waals surface area (Å²) in [6.45, 7) is 0. The minimum atomic E-state index is 0.655. The van der Waals surface area contributed by atoms with E-state index >= 15 is 0 Å². The van der Waals surface area contributed by atoms with Gasteiger partial charge in [0.15, 0.2) is 0 Å². The van der Waals surface area contributed by atoms with Crippen molar-refractivity contribution < 1.29 is 4.42 Å². The first-order valence-corrected chi connectivity index (χ1v) is 18.0. The third kappa shape index (κ3) is 4.38. The lowest BCUT2D eigenvalue weighted by Gasteiger charge is -2.20. The Labute approximate surface area is 306 Å². The summed E-state index contributed by atoms with van der Waals surface area (Å²) in [6, 6.07) is 65.1. The molecule has 2 heteroatoms. The maximum Gasteiger partial charge on any atom is 0.135 e. The Bertz CT molecular complexity index is 3050. The van der Waals surface area contributed by atoms with Gasteiger partial charge < -0.3 is 4.42 Å². The Morgan fingerprint density at radius 2 is 0.849 bits per heavy atom. The lowest BCUT2D eigenvalue weighted by molar-refractivity contribution is 0.669. The van der Waals surface area contributed by atoms with Gasteiger partial charge in [0, 0.05) is 10.8 Å². The molecule has 0 radical (unpaired) electrons. The molecule has 0 amide bonds. The summed E-state index contributed by atoms with van der Waals surface area (Å²) in [5.74, 6) is 0. The SMILES string of the molecule is N#Cc1ccc(-c2ccc3oc4ccc(-c5ccc6c7c(cccc57)-c5c-6c(-c6ccccc6)c6ccccc6c5-c5ccccc5)cc4c3c2)cc1. The fraction of sp³-hybridized carbons (Fsp3) is 0. The van der Waals surface area contributed by atoms with Gasteiger partial charge in [-0.2, -0.15) is 5.26 Å². The summed E-state index contributed by atoms with van der Waals surface area (Å²) in [5, 5.41) is 16.5. The molecular weight excluding hydrogens is 643 g/mol. The molecule has 0 unspecified atom stereocenters. The molecule has 0 saturated heterocycles. The molecule has 2 nitrogen and oxygen atoms in total. The maximum atomic E-state index is 9.29. The lowest BCUT2D eigenvalue weighted by Crippen LogP contribution is -1.93. The molecular formula is C51H29NO. The minimum Gasteiger partial charge on any atom is -0.456 e. The number of benzene rings is 9. The summed E-state index contributed by atoms with van der Waals surface area (Å²) in [7, 11) is 0. The second kappa shape index (κ2) is 11.4. The average molecular weight is 672 g/mol. The number of hydrogen-bond acceptors (Lipinski definition) is 2. The predicted molar refractivity (Wildman–Crippen MR) is 220 cm³/mol. The highest BCUT2D eigenvalue weighted by Crippen LogP contribution is 2.58. The number of nitriles is 1. The summed E-state index contributed by atoms with van der Waals surface area (Å²) >= 11 is 0. The van der Waals surface area contributed by atoms with Crippen molar-refractivity contribution in [2.24, 2.45) is 0 Å². The average Bonchev–Trinajstić information content (AvgIpc) is 3.76. The van der Waals surface area contributed by atoms with Gasteiger partial charge in [-0.25, -0.2) is 0 Å². The van der Waals surface area contributed by atoms with E-state index in [0.29, 0.717) is 5.56 Å². The van der Waals surface area contributed by atoms with E-state index in [9.17, 15) is 5.26 Å². The van der Waals surface area contributed by atoms with Crippen LogP contribution in [0.5, 0.6) is 0 Å². The lowest BCUT2D eigenvalue weighted by atomic mass is 9.82. The Kier molecular flexibility index (Phi) is 6.35. The molecule has 1 heterocycles. The standard InChI is InChI=1S/C51H29NO/c52-30-31-18-20-32(21-19-31)35-22-26-45-43(28-35)44-29-36(23-27-46(44)53-45)37-24-25-42-49-38(37)16-9-17-41(49)50-47(33-10-3-1-4-11-33)39-14-7-8-15-40(39)48(51(42)50)34-12-5-2-6-13-34/h1-29H. The van der Waals surface area contributed by atoms with E-state index in [0.717, 1.165) is 38.6 Å². The molecule has 0 aliphatic heterocycles. The van der Waals surface area contributed by atoms with Gasteiger partial charge in [-0.1, -0.05) is 140 Å². The summed E-state index contributed by atoms with van der Waals surface area (Å²) in [6.07, 6.45) is 0. The summed E-state index contributed by atoms with van der Waals surface area (Å²) < 4.78 is 6.35. The van der Waals surface area contributed by atoms with E-state index < -0.39 is 0 Å². The van der Waals surface area contributed by atoms with Crippen LogP contribution in [0.4, 0.5) is 0 Å². The highest BCUT2D eigenvalue weighted by molar-refractivity contribution is 6.29. The highest BCUT2D eigenvalue weighted by Gasteiger charge is 2.31. The van der Waals surface area contributed by atoms with Gasteiger partial charge in [0.1, 0.15) is 11.2 Å². The van der Waals surface area contributed by atoms with Crippen LogP contribution in [0.1, 0.15) is 5.56 Å². The van der Waals surface area contributed by atoms with E-state index in [1.807, 2.05) is 24.3 Å². The molecule has 53 heavy (non-hydrogen) atoms. The first-order chi connectivity index (χ1) is 26.2. The van der Waals surface area contributed by atoms with E-state index in [4.69, 9.17) is 4.42 Å². The van der Waals surface area contributed by atoms with Gasteiger partial charge in [-0.15, -0.1) is 0 Å². The smallest absolute Gasteiger partial charge is 0.135 e. The van der Waals surface area contributed by atoms with Crippen molar-refractivity contribution in [3.05, 3.63) is 181 Å². The van der Waals surface area contributed by atoms with Crippen LogP contribution in [0.2, 0.25) is 0 Å². The number of rotatable bonds is 4. The van der Waals surface area contributed by atoms with Crippen molar-refractivity contribution in [1.82, 2.24) is 0 Å². The first kappa shape index (κ1) is 29.5. The van der Waals surface area contributed by atoms with Gasteiger partial charge >= 0.3 is 0 Å². The third-order valence-corrected chi connectivity index (χ3v) is 11.0. The van der Waals surface area contributed by atoms with Crippen LogP contribution >= 0.6 is 0 Å². The predicted octanol–water partition coefficient (Wildman–Crippen LogP) is 14.1. The van der Waals surface area contributed by atoms with Crippen LogP contribution in [0.25, 0.3) is 110 Å². The van der Waals surface area contributed by atoms with Crippen LogP contribution in [0.15, 0.2) is 180 Å². The number of furan rings is 1. The fourth-order valence-corrected chi connectivity index (χ4v) is 8.72. The summed E-state index contributed by atoms with van der Waals surface area (Å²) in [5.41, 5.74) is 17.1. The Morgan fingerprint density at radius 1 is 0.340 bits per heavy atom. The van der Waals surface area contributed by atoms with Crippen molar-refractivity contribution in [1.29, 1.82) is 5.26 Å². The van der Waals surface area contributed by atoms with Gasteiger partial charge in [0.2, 0.25) is 0 Å². The van der Waals surface area contributed by atoms with Crippen molar-refractivity contribution >= 4 is 43.5 Å². The molecule has 0 bridgehead atoms. The van der Waals surface area contributed by atoms with Crippen molar-refractivity contribution in [3.8, 4) is 72.8 Å². The van der Waals surface area contributed by atoms with Crippen LogP contribution in [-0.4, -0.2) is 0 Å². The highest BCUT2D eigenvalue weighted by atomic mass is 16.3. The quantitative estimate of drug-likeness (QED) is 0.187. The topological polar surface area (TPSA) is 36.9 Å². The molecule has 10 aromatic rings. The Morgan fingerprint density at radius 3 is 1.47 bits per heavy atom. The number of hydrogen-bond donors (Lipinski definition) is 0. The molecule has 11 rings (SSSR count). The van der Waals surface area contributed by atoms with E-state index in [-0.39, 0.29) is 0 Å². The normalized spacial score (nSPS) is 11.8. The summed E-state index contributed by atoms with van der Waals surface area (Å²) in [4.78, 5) is 0. The van der Waals surface area contributed by atoms with Crippen molar-refractivity contribution in [2.75, 3.05) is 0 Å². The molecule has 0 saturated carbocycles. The van der Waals surface area contributed by atoms with Crippen LogP contribution in [-0.2, 0) is 0 Å². The monoisotopic (exact) mass is 671 g/mol. The minimum absolute atomic E-state index is 0.655. The van der Waals surface area contributed by atoms with Crippen LogP contribution in [0.3, 0.4) is 0 Å². The number of fused-ring (bicyclic) bond motifs is 7. The number of nitrogens with zero attached hydrogens (tertiary/aromatic N) is 1.